The predicted octanol–water partition coefficient (Wildman–Crippen LogP) is 1.98. The summed E-state index contributed by atoms with van der Waals surface area (Å²) in [4.78, 5) is 9.58. The summed E-state index contributed by atoms with van der Waals surface area (Å²) in [6.07, 6.45) is 3.28. The minimum Gasteiger partial charge on any atom is -0.264 e. The first kappa shape index (κ1) is 8.46. The first-order chi connectivity index (χ1) is 5.79. The molecule has 0 N–H and O–H groups in total. The van der Waals surface area contributed by atoms with E-state index in [0.717, 1.165) is 5.56 Å². The number of benzene rings is 1. The van der Waals surface area contributed by atoms with Crippen LogP contribution in [0.3, 0.4) is 0 Å². The molecule has 1 aromatic rings. The maximum atomic E-state index is 9.94. The minimum absolute atomic E-state index is 0.116. The number of nitro groups is 1. The average molecular weight is 163 g/mol. The summed E-state index contributed by atoms with van der Waals surface area (Å²) in [5.74, 6) is 0. The fraction of sp³-hybridized carbons (Fsp3) is 0.111. The van der Waals surface area contributed by atoms with Gasteiger partial charge >= 0.3 is 0 Å². The van der Waals surface area contributed by atoms with Crippen LogP contribution in [0, 0.1) is 10.1 Å². The van der Waals surface area contributed by atoms with Crippen LogP contribution < -0.4 is 0 Å². The Hall–Kier alpha value is -1.64. The third-order valence-electron chi connectivity index (χ3n) is 1.36. The summed E-state index contributed by atoms with van der Waals surface area (Å²) < 4.78 is 0. The number of hydrogen-bond donors (Lipinski definition) is 0. The molecule has 3 nitrogen and oxygen atoms in total. The highest BCUT2D eigenvalue weighted by molar-refractivity contribution is 5.48. The van der Waals surface area contributed by atoms with Crippen LogP contribution >= 0.6 is 0 Å². The third kappa shape index (κ3) is 2.96. The number of nitrogens with zero attached hydrogens (tertiary/aromatic N) is 1. The van der Waals surface area contributed by atoms with Crippen LogP contribution in [-0.2, 0) is 0 Å². The number of rotatable bonds is 3. The molecule has 0 aliphatic rings. The highest BCUT2D eigenvalue weighted by atomic mass is 16.6. The highest BCUT2D eigenvalue weighted by Gasteiger charge is 1.88. The van der Waals surface area contributed by atoms with E-state index in [1.807, 2.05) is 30.3 Å². The molecule has 0 atom stereocenters. The zero-order valence-corrected chi connectivity index (χ0v) is 6.51. The zero-order valence-electron chi connectivity index (χ0n) is 6.51. The highest BCUT2D eigenvalue weighted by Crippen LogP contribution is 2.00. The Labute approximate surface area is 70.5 Å². The molecule has 0 amide bonds. The summed E-state index contributed by atoms with van der Waals surface area (Å²) in [6, 6.07) is 9.50. The standard InChI is InChI=1S/C9H9NO2/c11-10(12)8-4-7-9-5-2-1-3-6-9/h1-7H,8H2. The summed E-state index contributed by atoms with van der Waals surface area (Å²) in [5, 5.41) is 9.94. The molecule has 0 spiro atoms. The van der Waals surface area contributed by atoms with Crippen LogP contribution in [0.5, 0.6) is 0 Å². The van der Waals surface area contributed by atoms with Gasteiger partial charge in [0.25, 0.3) is 0 Å². The van der Waals surface area contributed by atoms with Crippen molar-refractivity contribution < 1.29 is 4.92 Å². The van der Waals surface area contributed by atoms with Gasteiger partial charge in [-0.2, -0.15) is 0 Å². The van der Waals surface area contributed by atoms with Gasteiger partial charge in [0.05, 0.1) is 0 Å². The van der Waals surface area contributed by atoms with E-state index in [-0.39, 0.29) is 11.5 Å². The van der Waals surface area contributed by atoms with Crippen LogP contribution in [0.4, 0.5) is 0 Å². The zero-order chi connectivity index (χ0) is 8.81. The second kappa shape index (κ2) is 4.28. The SMILES string of the molecule is O=[N+]([O-])CC=Cc1ccccc1. The lowest BCUT2D eigenvalue weighted by Gasteiger charge is -1.88. The Bertz CT molecular complexity index is 280. The molecule has 0 saturated heterocycles. The topological polar surface area (TPSA) is 43.1 Å². The van der Waals surface area contributed by atoms with Gasteiger partial charge in [0, 0.05) is 4.92 Å². The fourth-order valence-electron chi connectivity index (χ4n) is 0.839. The van der Waals surface area contributed by atoms with Gasteiger partial charge in [0.2, 0.25) is 6.54 Å². The normalized spacial score (nSPS) is 10.3. The summed E-state index contributed by atoms with van der Waals surface area (Å²) in [7, 11) is 0. The molecular weight excluding hydrogens is 154 g/mol. The third-order valence-corrected chi connectivity index (χ3v) is 1.36. The molecule has 0 saturated carbocycles. The van der Waals surface area contributed by atoms with Crippen molar-refractivity contribution in [2.24, 2.45) is 0 Å². The lowest BCUT2D eigenvalue weighted by molar-refractivity contribution is -0.468. The van der Waals surface area contributed by atoms with E-state index < -0.39 is 0 Å². The maximum absolute atomic E-state index is 9.94. The van der Waals surface area contributed by atoms with Crippen LogP contribution in [0.25, 0.3) is 6.08 Å². The monoisotopic (exact) mass is 163 g/mol. The fourth-order valence-corrected chi connectivity index (χ4v) is 0.839. The van der Waals surface area contributed by atoms with Crippen molar-refractivity contribution in [3.05, 3.63) is 52.1 Å². The van der Waals surface area contributed by atoms with Crippen LogP contribution in [-0.4, -0.2) is 11.5 Å². The first-order valence-electron chi connectivity index (χ1n) is 3.62. The summed E-state index contributed by atoms with van der Waals surface area (Å²) in [5.41, 5.74) is 0.986. The lowest BCUT2D eigenvalue weighted by Crippen LogP contribution is -1.95. The molecular formula is C9H9NO2. The van der Waals surface area contributed by atoms with E-state index in [1.165, 1.54) is 6.08 Å². The Morgan fingerprint density at radius 1 is 1.33 bits per heavy atom. The maximum Gasteiger partial charge on any atom is 0.222 e. The van der Waals surface area contributed by atoms with E-state index in [2.05, 4.69) is 0 Å². The summed E-state index contributed by atoms with van der Waals surface area (Å²) >= 11 is 0. The quantitative estimate of drug-likeness (QED) is 0.505. The summed E-state index contributed by atoms with van der Waals surface area (Å²) in [6.45, 7) is -0.116. The molecule has 0 unspecified atom stereocenters. The smallest absolute Gasteiger partial charge is 0.222 e. The second-order valence-electron chi connectivity index (χ2n) is 2.33. The van der Waals surface area contributed by atoms with Gasteiger partial charge in [-0.05, 0) is 11.6 Å². The Morgan fingerprint density at radius 2 is 2.00 bits per heavy atom. The van der Waals surface area contributed by atoms with Crippen molar-refractivity contribution in [3.8, 4) is 0 Å². The van der Waals surface area contributed by atoms with Crippen molar-refractivity contribution in [2.75, 3.05) is 6.54 Å². The van der Waals surface area contributed by atoms with E-state index >= 15 is 0 Å². The van der Waals surface area contributed by atoms with E-state index in [9.17, 15) is 10.1 Å². The van der Waals surface area contributed by atoms with Crippen LogP contribution in [0.15, 0.2) is 36.4 Å². The van der Waals surface area contributed by atoms with Crippen molar-refractivity contribution >= 4 is 6.08 Å². The van der Waals surface area contributed by atoms with Crippen LogP contribution in [0.2, 0.25) is 0 Å². The minimum atomic E-state index is -0.362. The van der Waals surface area contributed by atoms with Gasteiger partial charge in [-0.1, -0.05) is 36.4 Å². The molecule has 0 aromatic heterocycles. The molecule has 1 aromatic carbocycles. The van der Waals surface area contributed by atoms with Gasteiger partial charge in [-0.3, -0.25) is 10.1 Å². The predicted molar refractivity (Wildman–Crippen MR) is 47.3 cm³/mol. The van der Waals surface area contributed by atoms with E-state index in [4.69, 9.17) is 0 Å². The Balaban J connectivity index is 2.52. The molecule has 0 aliphatic heterocycles. The van der Waals surface area contributed by atoms with E-state index in [0.29, 0.717) is 0 Å². The second-order valence-corrected chi connectivity index (χ2v) is 2.33. The molecule has 12 heavy (non-hydrogen) atoms. The van der Waals surface area contributed by atoms with Crippen LogP contribution in [0.1, 0.15) is 5.56 Å². The van der Waals surface area contributed by atoms with Gasteiger partial charge in [-0.15, -0.1) is 0 Å². The Morgan fingerprint density at radius 3 is 2.58 bits per heavy atom. The average Bonchev–Trinajstić information content (AvgIpc) is 2.05. The van der Waals surface area contributed by atoms with Gasteiger partial charge < -0.3 is 0 Å². The van der Waals surface area contributed by atoms with Crippen molar-refractivity contribution in [2.45, 2.75) is 0 Å². The van der Waals surface area contributed by atoms with E-state index in [1.54, 1.807) is 6.08 Å². The largest absolute Gasteiger partial charge is 0.264 e. The Kier molecular flexibility index (Phi) is 3.02. The molecule has 0 heterocycles. The lowest BCUT2D eigenvalue weighted by atomic mass is 10.2. The van der Waals surface area contributed by atoms with Crippen molar-refractivity contribution in [1.82, 2.24) is 0 Å². The first-order valence-corrected chi connectivity index (χ1v) is 3.62. The van der Waals surface area contributed by atoms with Gasteiger partial charge in [0.1, 0.15) is 0 Å². The number of hydrogen-bond acceptors (Lipinski definition) is 2. The van der Waals surface area contributed by atoms with Gasteiger partial charge in [0.15, 0.2) is 0 Å². The molecule has 0 bridgehead atoms. The van der Waals surface area contributed by atoms with Crippen molar-refractivity contribution in [1.29, 1.82) is 0 Å². The van der Waals surface area contributed by atoms with Gasteiger partial charge in [-0.25, -0.2) is 0 Å². The molecule has 62 valence electrons. The van der Waals surface area contributed by atoms with Crippen molar-refractivity contribution in [3.63, 3.8) is 0 Å². The molecule has 0 aliphatic carbocycles. The molecule has 0 radical (unpaired) electrons. The molecule has 3 heteroatoms. The molecule has 1 rings (SSSR count). The molecule has 0 fully saturated rings.